The van der Waals surface area contributed by atoms with E-state index in [2.05, 4.69) is 42.0 Å². The second kappa shape index (κ2) is 9.23. The van der Waals surface area contributed by atoms with Crippen molar-refractivity contribution in [2.75, 3.05) is 19.8 Å². The number of hydrogen-bond donors (Lipinski definition) is 2. The molecule has 0 spiro atoms. The Bertz CT molecular complexity index is 412. The van der Waals surface area contributed by atoms with Crippen molar-refractivity contribution in [2.45, 2.75) is 25.3 Å². The Balaban J connectivity index is 0.00000324. The Morgan fingerprint density at radius 2 is 2.11 bits per heavy atom. The van der Waals surface area contributed by atoms with Crippen molar-refractivity contribution in [2.24, 2.45) is 5.92 Å². The van der Waals surface area contributed by atoms with Crippen LogP contribution in [0.4, 0.5) is 0 Å². The van der Waals surface area contributed by atoms with Gasteiger partial charge in [-0.25, -0.2) is 0 Å². The molecule has 2 N–H and O–H groups in total. The summed E-state index contributed by atoms with van der Waals surface area (Å²) in [6.07, 6.45) is 2.06. The summed E-state index contributed by atoms with van der Waals surface area (Å²) in [4.78, 5) is 13.0. The number of carbonyl (C=O) groups is 1. The number of thioether (sulfide) groups is 1. The zero-order chi connectivity index (χ0) is 13.5. The van der Waals surface area contributed by atoms with E-state index in [1.165, 1.54) is 16.0 Å². The number of halogens is 1. The zero-order valence-corrected chi connectivity index (χ0v) is 13.6. The van der Waals surface area contributed by atoms with E-state index in [0.29, 0.717) is 13.1 Å². The summed E-state index contributed by atoms with van der Waals surface area (Å²) in [5.41, 5.74) is 2.43. The van der Waals surface area contributed by atoms with Crippen LogP contribution in [0.3, 0.4) is 0 Å². The maximum absolute atomic E-state index is 11.8. The first-order valence-electron chi connectivity index (χ1n) is 6.14. The third-order valence-electron chi connectivity index (χ3n) is 2.85. The highest BCUT2D eigenvalue weighted by molar-refractivity contribution is 7.98. The number of rotatable bonds is 6. The third kappa shape index (κ3) is 5.85. The number of carbonyl (C=O) groups excluding carboxylic acids is 1. The lowest BCUT2D eigenvalue weighted by Crippen LogP contribution is -2.34. The van der Waals surface area contributed by atoms with E-state index >= 15 is 0 Å². The van der Waals surface area contributed by atoms with E-state index in [-0.39, 0.29) is 24.2 Å². The summed E-state index contributed by atoms with van der Waals surface area (Å²) >= 11 is 1.72. The minimum atomic E-state index is -0.00169. The summed E-state index contributed by atoms with van der Waals surface area (Å²) in [5.74, 6) is 0.0927. The van der Waals surface area contributed by atoms with Gasteiger partial charge in [-0.05, 0) is 37.4 Å². The lowest BCUT2D eigenvalue weighted by atomic mass is 10.1. The topological polar surface area (TPSA) is 41.1 Å². The van der Waals surface area contributed by atoms with E-state index in [1.807, 2.05) is 14.0 Å². The number of aryl methyl sites for hydroxylation is 1. The molecule has 0 radical (unpaired) electrons. The predicted molar refractivity (Wildman–Crippen MR) is 85.1 cm³/mol. The Kier molecular flexibility index (Phi) is 8.89. The van der Waals surface area contributed by atoms with Gasteiger partial charge in [0, 0.05) is 23.9 Å². The minimum Gasteiger partial charge on any atom is -0.352 e. The molecule has 3 nitrogen and oxygen atoms in total. The average Bonchev–Trinajstić information content (AvgIpc) is 2.37. The lowest BCUT2D eigenvalue weighted by molar-refractivity contribution is -0.124. The first-order valence-corrected chi connectivity index (χ1v) is 7.36. The molecule has 1 amide bonds. The fourth-order valence-corrected chi connectivity index (χ4v) is 2.46. The van der Waals surface area contributed by atoms with Crippen molar-refractivity contribution in [1.29, 1.82) is 0 Å². The van der Waals surface area contributed by atoms with Crippen LogP contribution in [0.25, 0.3) is 0 Å². The minimum absolute atomic E-state index is 0. The highest BCUT2D eigenvalue weighted by Gasteiger charge is 2.11. The fraction of sp³-hybridized carbons (Fsp3) is 0.500. The molecule has 0 saturated carbocycles. The van der Waals surface area contributed by atoms with Crippen LogP contribution >= 0.6 is 24.2 Å². The first-order chi connectivity index (χ1) is 8.58. The van der Waals surface area contributed by atoms with Gasteiger partial charge in [-0.15, -0.1) is 24.2 Å². The molecule has 1 aromatic carbocycles. The molecule has 108 valence electrons. The van der Waals surface area contributed by atoms with Crippen LogP contribution in [0.2, 0.25) is 0 Å². The van der Waals surface area contributed by atoms with Gasteiger partial charge in [-0.1, -0.05) is 19.1 Å². The zero-order valence-electron chi connectivity index (χ0n) is 11.9. The van der Waals surface area contributed by atoms with Crippen LogP contribution in [0, 0.1) is 12.8 Å². The van der Waals surface area contributed by atoms with Gasteiger partial charge in [-0.2, -0.15) is 0 Å². The van der Waals surface area contributed by atoms with Crippen molar-refractivity contribution in [3.05, 3.63) is 29.3 Å². The second-order valence-electron chi connectivity index (χ2n) is 4.49. The van der Waals surface area contributed by atoms with Crippen LogP contribution in [0.5, 0.6) is 0 Å². The molecular formula is C14H23ClN2OS. The average molecular weight is 303 g/mol. The SMILES string of the molecule is CNCC(C)C(=O)NCc1ccc(C)cc1SC.Cl. The van der Waals surface area contributed by atoms with Crippen LogP contribution in [0.15, 0.2) is 23.1 Å². The lowest BCUT2D eigenvalue weighted by Gasteiger charge is -2.13. The highest BCUT2D eigenvalue weighted by atomic mass is 35.5. The summed E-state index contributed by atoms with van der Waals surface area (Å²) in [7, 11) is 1.86. The van der Waals surface area contributed by atoms with Gasteiger partial charge in [0.25, 0.3) is 0 Å². The van der Waals surface area contributed by atoms with E-state index in [4.69, 9.17) is 0 Å². The van der Waals surface area contributed by atoms with Crippen molar-refractivity contribution >= 4 is 30.1 Å². The molecule has 0 bridgehead atoms. The molecule has 0 aromatic heterocycles. The molecule has 19 heavy (non-hydrogen) atoms. The smallest absolute Gasteiger partial charge is 0.224 e. The number of amides is 1. The molecular weight excluding hydrogens is 280 g/mol. The van der Waals surface area contributed by atoms with Gasteiger partial charge in [-0.3, -0.25) is 4.79 Å². The standard InChI is InChI=1S/C14H22N2OS.ClH/c1-10-5-6-12(13(7-10)18-4)9-16-14(17)11(2)8-15-3;/h5-7,11,15H,8-9H2,1-4H3,(H,16,17);1H. The van der Waals surface area contributed by atoms with Gasteiger partial charge in [0.1, 0.15) is 0 Å². The predicted octanol–water partition coefficient (Wildman–Crippen LogP) is 2.61. The Morgan fingerprint density at radius 3 is 2.68 bits per heavy atom. The molecule has 0 heterocycles. The van der Waals surface area contributed by atoms with Crippen LogP contribution < -0.4 is 10.6 Å². The molecule has 0 aliphatic rings. The molecule has 0 fully saturated rings. The molecule has 1 unspecified atom stereocenters. The summed E-state index contributed by atoms with van der Waals surface area (Å²) in [5, 5.41) is 6.00. The molecule has 1 aromatic rings. The van der Waals surface area contributed by atoms with Crippen molar-refractivity contribution < 1.29 is 4.79 Å². The number of hydrogen-bond acceptors (Lipinski definition) is 3. The van der Waals surface area contributed by atoms with Gasteiger partial charge in [0.15, 0.2) is 0 Å². The molecule has 5 heteroatoms. The van der Waals surface area contributed by atoms with E-state index < -0.39 is 0 Å². The Hall–Kier alpha value is -0.710. The highest BCUT2D eigenvalue weighted by Crippen LogP contribution is 2.21. The summed E-state index contributed by atoms with van der Waals surface area (Å²) in [6, 6.07) is 6.33. The summed E-state index contributed by atoms with van der Waals surface area (Å²) < 4.78 is 0. The molecule has 1 rings (SSSR count). The van der Waals surface area contributed by atoms with E-state index in [1.54, 1.807) is 11.8 Å². The normalized spacial score (nSPS) is 11.6. The van der Waals surface area contributed by atoms with Crippen LogP contribution in [-0.2, 0) is 11.3 Å². The molecule has 1 atom stereocenters. The largest absolute Gasteiger partial charge is 0.352 e. The Labute approximate surface area is 126 Å². The van der Waals surface area contributed by atoms with Gasteiger partial charge in [0.2, 0.25) is 5.91 Å². The van der Waals surface area contributed by atoms with Gasteiger partial charge >= 0.3 is 0 Å². The van der Waals surface area contributed by atoms with E-state index in [9.17, 15) is 4.79 Å². The monoisotopic (exact) mass is 302 g/mol. The maximum atomic E-state index is 11.8. The third-order valence-corrected chi connectivity index (χ3v) is 3.67. The van der Waals surface area contributed by atoms with E-state index in [0.717, 1.165) is 0 Å². The van der Waals surface area contributed by atoms with Crippen molar-refractivity contribution in [3.63, 3.8) is 0 Å². The fourth-order valence-electron chi connectivity index (χ4n) is 1.75. The number of nitrogens with one attached hydrogen (secondary N) is 2. The van der Waals surface area contributed by atoms with Crippen molar-refractivity contribution in [3.8, 4) is 0 Å². The molecule has 0 aliphatic heterocycles. The molecule has 0 saturated heterocycles. The van der Waals surface area contributed by atoms with Crippen molar-refractivity contribution in [1.82, 2.24) is 10.6 Å². The van der Waals surface area contributed by atoms with Gasteiger partial charge < -0.3 is 10.6 Å². The maximum Gasteiger partial charge on any atom is 0.224 e. The number of benzene rings is 1. The second-order valence-corrected chi connectivity index (χ2v) is 5.34. The Morgan fingerprint density at radius 1 is 1.42 bits per heavy atom. The first kappa shape index (κ1) is 18.3. The van der Waals surface area contributed by atoms with Crippen LogP contribution in [0.1, 0.15) is 18.1 Å². The molecule has 0 aliphatic carbocycles. The quantitative estimate of drug-likeness (QED) is 0.794. The van der Waals surface area contributed by atoms with Crippen LogP contribution in [-0.4, -0.2) is 25.8 Å². The summed E-state index contributed by atoms with van der Waals surface area (Å²) in [6.45, 7) is 5.31. The van der Waals surface area contributed by atoms with Gasteiger partial charge in [0.05, 0.1) is 0 Å².